The van der Waals surface area contributed by atoms with Crippen LogP contribution in [0.25, 0.3) is 11.3 Å². The summed E-state index contributed by atoms with van der Waals surface area (Å²) in [7, 11) is 0. The summed E-state index contributed by atoms with van der Waals surface area (Å²) in [5.74, 6) is -0.527. The topological polar surface area (TPSA) is 71.1 Å². The minimum absolute atomic E-state index is 0.161. The summed E-state index contributed by atoms with van der Waals surface area (Å²) in [5.41, 5.74) is 3.29. The van der Waals surface area contributed by atoms with E-state index in [0.29, 0.717) is 10.8 Å². The van der Waals surface area contributed by atoms with Crippen LogP contribution in [0.15, 0.2) is 53.9 Å². The molecule has 1 atom stereocenters. The zero-order chi connectivity index (χ0) is 20.8. The first-order chi connectivity index (χ1) is 13.9. The van der Waals surface area contributed by atoms with E-state index in [2.05, 4.69) is 15.6 Å². The highest BCUT2D eigenvalue weighted by atomic mass is 32.2. The van der Waals surface area contributed by atoms with Gasteiger partial charge in [0.05, 0.1) is 16.7 Å². The van der Waals surface area contributed by atoms with Crippen molar-refractivity contribution in [1.82, 2.24) is 4.98 Å². The zero-order valence-corrected chi connectivity index (χ0v) is 17.6. The first kappa shape index (κ1) is 21.0. The van der Waals surface area contributed by atoms with Crippen molar-refractivity contribution >= 4 is 45.7 Å². The van der Waals surface area contributed by atoms with Crippen molar-refractivity contribution < 1.29 is 14.0 Å². The van der Waals surface area contributed by atoms with Gasteiger partial charge in [0, 0.05) is 16.6 Å². The van der Waals surface area contributed by atoms with Gasteiger partial charge in [-0.2, -0.15) is 0 Å². The molecule has 1 heterocycles. The van der Waals surface area contributed by atoms with Crippen LogP contribution in [0, 0.1) is 12.7 Å². The van der Waals surface area contributed by atoms with Gasteiger partial charge < -0.3 is 10.6 Å². The highest BCUT2D eigenvalue weighted by molar-refractivity contribution is 8.01. The number of rotatable bonds is 7. The molecule has 0 saturated heterocycles. The molecular weight excluding hydrogens is 409 g/mol. The van der Waals surface area contributed by atoms with Crippen LogP contribution in [0.2, 0.25) is 0 Å². The number of carbonyl (C=O) groups is 2. The van der Waals surface area contributed by atoms with E-state index in [9.17, 15) is 14.0 Å². The Kier molecular flexibility index (Phi) is 7.00. The largest absolute Gasteiger partial charge is 0.325 e. The molecule has 3 aromatic rings. The lowest BCUT2D eigenvalue weighted by Crippen LogP contribution is -2.25. The molecule has 0 fully saturated rings. The Labute approximate surface area is 176 Å². The number of nitrogens with zero attached hydrogens (tertiary/aromatic N) is 1. The maximum Gasteiger partial charge on any atom is 0.239 e. The van der Waals surface area contributed by atoms with Gasteiger partial charge in [-0.1, -0.05) is 17.7 Å². The second-order valence-electron chi connectivity index (χ2n) is 6.40. The highest BCUT2D eigenvalue weighted by Gasteiger charge is 2.17. The number of anilines is 2. The average molecular weight is 430 g/mol. The van der Waals surface area contributed by atoms with Crippen molar-refractivity contribution in [2.75, 3.05) is 16.4 Å². The number of halogens is 1. The van der Waals surface area contributed by atoms with Gasteiger partial charge in [0.15, 0.2) is 5.13 Å². The molecule has 1 aromatic heterocycles. The Hall–Kier alpha value is -2.71. The van der Waals surface area contributed by atoms with E-state index in [0.717, 1.165) is 16.8 Å². The first-order valence-electron chi connectivity index (χ1n) is 8.91. The van der Waals surface area contributed by atoms with Crippen molar-refractivity contribution in [2.24, 2.45) is 0 Å². The normalized spacial score (nSPS) is 11.7. The van der Waals surface area contributed by atoms with E-state index in [-0.39, 0.29) is 23.4 Å². The number of benzene rings is 2. The van der Waals surface area contributed by atoms with Crippen molar-refractivity contribution in [3.8, 4) is 11.3 Å². The summed E-state index contributed by atoms with van der Waals surface area (Å²) < 4.78 is 13.0. The fourth-order valence-electron chi connectivity index (χ4n) is 2.40. The summed E-state index contributed by atoms with van der Waals surface area (Å²) >= 11 is 2.55. The standard InChI is InChI=1S/C21H20FN3O2S2/c1-13-3-9-17(10-4-13)23-19(26)12-28-14(2)20(27)25-21-24-18(11-29-21)15-5-7-16(22)8-6-15/h3-11,14H,12H2,1-2H3,(H,23,26)(H,24,25,27). The summed E-state index contributed by atoms with van der Waals surface area (Å²) in [6, 6.07) is 13.5. The molecule has 0 radical (unpaired) electrons. The van der Waals surface area contributed by atoms with Crippen LogP contribution < -0.4 is 10.6 Å². The van der Waals surface area contributed by atoms with E-state index < -0.39 is 5.25 Å². The first-order valence-corrected chi connectivity index (χ1v) is 10.8. The van der Waals surface area contributed by atoms with Gasteiger partial charge in [-0.25, -0.2) is 9.37 Å². The molecule has 0 saturated carbocycles. The molecule has 2 aromatic carbocycles. The number of nitrogens with one attached hydrogen (secondary N) is 2. The predicted molar refractivity (Wildman–Crippen MR) is 118 cm³/mol. The number of thiazole rings is 1. The third kappa shape index (κ3) is 6.13. The van der Waals surface area contributed by atoms with Crippen LogP contribution in [0.4, 0.5) is 15.2 Å². The van der Waals surface area contributed by atoms with Gasteiger partial charge in [-0.15, -0.1) is 23.1 Å². The van der Waals surface area contributed by atoms with Gasteiger partial charge in [-0.3, -0.25) is 9.59 Å². The van der Waals surface area contributed by atoms with E-state index >= 15 is 0 Å². The molecule has 0 aliphatic carbocycles. The van der Waals surface area contributed by atoms with Crippen molar-refractivity contribution in [3.05, 3.63) is 65.3 Å². The highest BCUT2D eigenvalue weighted by Crippen LogP contribution is 2.25. The van der Waals surface area contributed by atoms with Crippen LogP contribution in [-0.2, 0) is 9.59 Å². The van der Waals surface area contributed by atoms with E-state index in [1.807, 2.05) is 31.2 Å². The van der Waals surface area contributed by atoms with Crippen molar-refractivity contribution in [3.63, 3.8) is 0 Å². The number of carbonyl (C=O) groups excluding carboxylic acids is 2. The molecule has 2 N–H and O–H groups in total. The van der Waals surface area contributed by atoms with E-state index in [1.165, 1.54) is 35.2 Å². The number of aromatic nitrogens is 1. The number of amides is 2. The lowest BCUT2D eigenvalue weighted by molar-refractivity contribution is -0.115. The fraction of sp³-hybridized carbons (Fsp3) is 0.190. The molecule has 0 bridgehead atoms. The minimum atomic E-state index is -0.420. The van der Waals surface area contributed by atoms with E-state index in [4.69, 9.17) is 0 Å². The second-order valence-corrected chi connectivity index (χ2v) is 8.59. The van der Waals surface area contributed by atoms with Crippen molar-refractivity contribution in [2.45, 2.75) is 19.1 Å². The minimum Gasteiger partial charge on any atom is -0.325 e. The van der Waals surface area contributed by atoms with Crippen molar-refractivity contribution in [1.29, 1.82) is 0 Å². The third-order valence-electron chi connectivity index (χ3n) is 4.04. The molecule has 2 amide bonds. The van der Waals surface area contributed by atoms with Crippen LogP contribution in [0.3, 0.4) is 0 Å². The predicted octanol–water partition coefficient (Wildman–Crippen LogP) is 4.96. The molecule has 0 spiro atoms. The molecule has 8 heteroatoms. The van der Waals surface area contributed by atoms with Gasteiger partial charge in [0.2, 0.25) is 11.8 Å². The Morgan fingerprint density at radius 1 is 1.10 bits per heavy atom. The fourth-order valence-corrected chi connectivity index (χ4v) is 3.81. The Morgan fingerprint density at radius 3 is 2.48 bits per heavy atom. The molecule has 150 valence electrons. The molecule has 29 heavy (non-hydrogen) atoms. The molecule has 0 aliphatic rings. The smallest absolute Gasteiger partial charge is 0.239 e. The maximum absolute atomic E-state index is 13.0. The molecule has 1 unspecified atom stereocenters. The summed E-state index contributed by atoms with van der Waals surface area (Å²) in [4.78, 5) is 28.8. The number of aryl methyl sites for hydroxylation is 1. The summed E-state index contributed by atoms with van der Waals surface area (Å²) in [5, 5.41) is 7.42. The number of hydrogen-bond acceptors (Lipinski definition) is 5. The van der Waals surface area contributed by atoms with Gasteiger partial charge >= 0.3 is 0 Å². The SMILES string of the molecule is Cc1ccc(NC(=O)CSC(C)C(=O)Nc2nc(-c3ccc(F)cc3)cs2)cc1. The molecular formula is C21H20FN3O2S2. The monoisotopic (exact) mass is 429 g/mol. The summed E-state index contributed by atoms with van der Waals surface area (Å²) in [6.07, 6.45) is 0. The lowest BCUT2D eigenvalue weighted by Gasteiger charge is -2.11. The van der Waals surface area contributed by atoms with Crippen LogP contribution >= 0.6 is 23.1 Å². The van der Waals surface area contributed by atoms with Crippen LogP contribution in [0.5, 0.6) is 0 Å². The lowest BCUT2D eigenvalue weighted by atomic mass is 10.2. The third-order valence-corrected chi connectivity index (χ3v) is 5.94. The number of hydrogen-bond donors (Lipinski definition) is 2. The average Bonchev–Trinajstić information content (AvgIpc) is 3.17. The second kappa shape index (κ2) is 9.67. The summed E-state index contributed by atoms with van der Waals surface area (Å²) in [6.45, 7) is 3.72. The Morgan fingerprint density at radius 2 is 1.79 bits per heavy atom. The zero-order valence-electron chi connectivity index (χ0n) is 15.9. The quantitative estimate of drug-likeness (QED) is 0.557. The molecule has 5 nitrogen and oxygen atoms in total. The molecule has 0 aliphatic heterocycles. The maximum atomic E-state index is 13.0. The van der Waals surface area contributed by atoms with Gasteiger partial charge in [-0.05, 0) is 50.2 Å². The Balaban J connectivity index is 1.48. The molecule has 3 rings (SSSR count). The van der Waals surface area contributed by atoms with Gasteiger partial charge in [0.25, 0.3) is 0 Å². The van der Waals surface area contributed by atoms with Gasteiger partial charge in [0.1, 0.15) is 5.82 Å². The van der Waals surface area contributed by atoms with Crippen LogP contribution in [0.1, 0.15) is 12.5 Å². The van der Waals surface area contributed by atoms with E-state index in [1.54, 1.807) is 24.4 Å². The van der Waals surface area contributed by atoms with Crippen LogP contribution in [-0.4, -0.2) is 27.8 Å². The number of thioether (sulfide) groups is 1. The Bertz CT molecular complexity index is 988.